The van der Waals surface area contributed by atoms with Crippen LogP contribution in [0.2, 0.25) is 0 Å². The first-order chi connectivity index (χ1) is 13.1. The molecule has 0 aliphatic carbocycles. The third-order valence-corrected chi connectivity index (χ3v) is 4.24. The van der Waals surface area contributed by atoms with Crippen molar-refractivity contribution in [3.05, 3.63) is 54.1 Å². The summed E-state index contributed by atoms with van der Waals surface area (Å²) < 4.78 is 5.11. The number of aromatic nitrogens is 2. The maximum atomic E-state index is 11.9. The van der Waals surface area contributed by atoms with E-state index in [2.05, 4.69) is 20.5 Å². The lowest BCUT2D eigenvalue weighted by molar-refractivity contribution is -0.307. The third kappa shape index (κ3) is 5.32. The van der Waals surface area contributed by atoms with E-state index in [0.717, 1.165) is 11.0 Å². The van der Waals surface area contributed by atoms with Crippen LogP contribution in [0.4, 0.5) is 0 Å². The van der Waals surface area contributed by atoms with Crippen molar-refractivity contribution in [3.8, 4) is 5.75 Å². The zero-order valence-corrected chi connectivity index (χ0v) is 14.9. The van der Waals surface area contributed by atoms with E-state index < -0.39 is 12.6 Å². The molecule has 0 saturated heterocycles. The Bertz CT molecular complexity index is 953. The normalized spacial score (nSPS) is 11.0. The maximum absolute atomic E-state index is 11.9. The molecule has 0 atom stereocenters. The predicted molar refractivity (Wildman–Crippen MR) is 99.5 cm³/mol. The van der Waals surface area contributed by atoms with Crippen molar-refractivity contribution in [3.63, 3.8) is 0 Å². The summed E-state index contributed by atoms with van der Waals surface area (Å²) in [6.07, 6.45) is 1.38. The van der Waals surface area contributed by atoms with Gasteiger partial charge in [-0.1, -0.05) is 36.0 Å². The average Bonchev–Trinajstić information content (AvgIpc) is 3.08. The highest BCUT2D eigenvalue weighted by molar-refractivity contribution is 7.99. The number of carboxylic acids is 1. The number of carbonyl (C=O) groups is 2. The van der Waals surface area contributed by atoms with Gasteiger partial charge in [0.15, 0.2) is 5.16 Å². The van der Waals surface area contributed by atoms with Gasteiger partial charge in [0.1, 0.15) is 12.4 Å². The molecule has 3 rings (SSSR count). The van der Waals surface area contributed by atoms with Crippen LogP contribution in [0.15, 0.2) is 58.8 Å². The Morgan fingerprint density at radius 1 is 1.22 bits per heavy atom. The number of hydrogen-bond acceptors (Lipinski definition) is 7. The van der Waals surface area contributed by atoms with Crippen LogP contribution in [0, 0.1) is 0 Å². The van der Waals surface area contributed by atoms with Gasteiger partial charge in [-0.05, 0) is 24.3 Å². The number of H-pyrrole nitrogens is 1. The molecule has 9 heteroatoms. The molecule has 0 aliphatic heterocycles. The van der Waals surface area contributed by atoms with Crippen molar-refractivity contribution in [2.75, 3.05) is 12.4 Å². The number of nitrogens with one attached hydrogen (secondary N) is 2. The van der Waals surface area contributed by atoms with Crippen molar-refractivity contribution in [1.82, 2.24) is 15.4 Å². The first kappa shape index (κ1) is 18.5. The molecule has 0 saturated carbocycles. The molecule has 0 aliphatic rings. The van der Waals surface area contributed by atoms with Gasteiger partial charge in [0.2, 0.25) is 0 Å². The molecule has 1 amide bonds. The third-order valence-electron chi connectivity index (χ3n) is 3.37. The molecule has 0 fully saturated rings. The van der Waals surface area contributed by atoms with Crippen molar-refractivity contribution in [2.24, 2.45) is 5.10 Å². The SMILES string of the molecule is O=C([O-])COc1ccccc1C=NNC(=O)CSc1nc2ccccc2[nH]1. The summed E-state index contributed by atoms with van der Waals surface area (Å²) in [5, 5.41) is 15.0. The standard InChI is InChI=1S/C18H16N4O4S/c23-16(11-27-18-20-13-6-2-3-7-14(13)21-18)22-19-9-12-5-1-4-8-15(12)26-10-17(24)25/h1-9H,10-11H2,(H,20,21)(H,22,23)(H,24,25)/p-1. The summed E-state index contributed by atoms with van der Waals surface area (Å²) in [4.78, 5) is 29.9. The maximum Gasteiger partial charge on any atom is 0.250 e. The van der Waals surface area contributed by atoms with Crippen molar-refractivity contribution in [1.29, 1.82) is 0 Å². The van der Waals surface area contributed by atoms with Crippen LogP contribution in [0.1, 0.15) is 5.56 Å². The number of imidazole rings is 1. The zero-order chi connectivity index (χ0) is 19.1. The van der Waals surface area contributed by atoms with E-state index in [1.165, 1.54) is 18.0 Å². The van der Waals surface area contributed by atoms with Crippen LogP contribution in [-0.4, -0.2) is 40.4 Å². The summed E-state index contributed by atoms with van der Waals surface area (Å²) >= 11 is 1.27. The molecule has 0 unspecified atom stereocenters. The van der Waals surface area contributed by atoms with E-state index in [9.17, 15) is 14.7 Å². The van der Waals surface area contributed by atoms with Crippen molar-refractivity contribution in [2.45, 2.75) is 5.16 Å². The van der Waals surface area contributed by atoms with E-state index in [4.69, 9.17) is 4.74 Å². The molecule has 138 valence electrons. The van der Waals surface area contributed by atoms with Gasteiger partial charge >= 0.3 is 0 Å². The number of thioether (sulfide) groups is 1. The average molecular weight is 383 g/mol. The first-order valence-corrected chi connectivity index (χ1v) is 8.91. The van der Waals surface area contributed by atoms with Gasteiger partial charge in [0.25, 0.3) is 5.91 Å². The van der Waals surface area contributed by atoms with Crippen LogP contribution in [0.3, 0.4) is 0 Å². The largest absolute Gasteiger partial charge is 0.546 e. The Hall–Kier alpha value is -3.33. The topological polar surface area (TPSA) is 120 Å². The minimum absolute atomic E-state index is 0.139. The highest BCUT2D eigenvalue weighted by Gasteiger charge is 2.06. The van der Waals surface area contributed by atoms with Gasteiger partial charge in [0, 0.05) is 5.56 Å². The molecule has 8 nitrogen and oxygen atoms in total. The van der Waals surface area contributed by atoms with Crippen LogP contribution in [0.5, 0.6) is 5.75 Å². The van der Waals surface area contributed by atoms with Gasteiger partial charge in [-0.15, -0.1) is 0 Å². The molecule has 1 heterocycles. The second-order valence-electron chi connectivity index (χ2n) is 5.34. The van der Waals surface area contributed by atoms with Crippen LogP contribution in [-0.2, 0) is 9.59 Å². The zero-order valence-electron chi connectivity index (χ0n) is 14.0. The van der Waals surface area contributed by atoms with E-state index in [-0.39, 0.29) is 11.7 Å². The van der Waals surface area contributed by atoms with E-state index in [1.807, 2.05) is 24.3 Å². The number of hydrazone groups is 1. The Morgan fingerprint density at radius 3 is 2.81 bits per heavy atom. The monoisotopic (exact) mass is 383 g/mol. The lowest BCUT2D eigenvalue weighted by atomic mass is 10.2. The van der Waals surface area contributed by atoms with Crippen molar-refractivity contribution >= 4 is 40.9 Å². The molecule has 0 radical (unpaired) electrons. The minimum Gasteiger partial charge on any atom is -0.546 e. The van der Waals surface area contributed by atoms with Gasteiger partial charge in [-0.3, -0.25) is 4.79 Å². The number of ether oxygens (including phenoxy) is 1. The molecule has 3 aromatic rings. The fourth-order valence-electron chi connectivity index (χ4n) is 2.19. The number of hydrogen-bond donors (Lipinski definition) is 2. The molecule has 1 aromatic heterocycles. The quantitative estimate of drug-likeness (QED) is 0.339. The summed E-state index contributed by atoms with van der Waals surface area (Å²) in [7, 11) is 0. The van der Waals surface area contributed by atoms with E-state index in [0.29, 0.717) is 16.5 Å². The number of benzene rings is 2. The summed E-state index contributed by atoms with van der Waals surface area (Å²) in [6.45, 7) is -0.564. The first-order valence-electron chi connectivity index (χ1n) is 7.93. The second-order valence-corrected chi connectivity index (χ2v) is 6.30. The minimum atomic E-state index is -1.32. The number of para-hydroxylation sites is 3. The Labute approximate surface area is 158 Å². The van der Waals surface area contributed by atoms with E-state index in [1.54, 1.807) is 24.3 Å². The second kappa shape index (κ2) is 8.86. The summed E-state index contributed by atoms with van der Waals surface area (Å²) in [5.74, 6) is -1.15. The highest BCUT2D eigenvalue weighted by atomic mass is 32.2. The smallest absolute Gasteiger partial charge is 0.250 e. The molecule has 0 bridgehead atoms. The molecule has 2 aromatic carbocycles. The fraction of sp³-hybridized carbons (Fsp3) is 0.111. The lowest BCUT2D eigenvalue weighted by Crippen LogP contribution is -2.29. The number of aliphatic carboxylic acids is 1. The lowest BCUT2D eigenvalue weighted by Gasteiger charge is -2.08. The van der Waals surface area contributed by atoms with Crippen molar-refractivity contribution < 1.29 is 19.4 Å². The molecule has 0 spiro atoms. The number of fused-ring (bicyclic) bond motifs is 1. The van der Waals surface area contributed by atoms with Crippen LogP contribution >= 0.6 is 11.8 Å². The van der Waals surface area contributed by atoms with E-state index >= 15 is 0 Å². The fourth-order valence-corrected chi connectivity index (χ4v) is 2.87. The van der Waals surface area contributed by atoms with Gasteiger partial charge in [-0.25, -0.2) is 10.4 Å². The number of carboxylic acid groups (broad SMARTS) is 1. The number of carbonyl (C=O) groups excluding carboxylic acids is 2. The number of amides is 1. The number of aromatic amines is 1. The summed E-state index contributed by atoms with van der Waals surface area (Å²) in [5.41, 5.74) is 4.69. The molecular formula is C18H15N4O4S-. The Morgan fingerprint density at radius 2 is 2.00 bits per heavy atom. The molecule has 2 N–H and O–H groups in total. The highest BCUT2D eigenvalue weighted by Crippen LogP contribution is 2.19. The van der Waals surface area contributed by atoms with Gasteiger partial charge in [-0.2, -0.15) is 5.10 Å². The van der Waals surface area contributed by atoms with Crippen LogP contribution < -0.4 is 15.3 Å². The Balaban J connectivity index is 1.52. The van der Waals surface area contributed by atoms with Gasteiger partial charge in [0.05, 0.1) is 29.0 Å². The van der Waals surface area contributed by atoms with Crippen LogP contribution in [0.25, 0.3) is 11.0 Å². The molecule has 27 heavy (non-hydrogen) atoms. The van der Waals surface area contributed by atoms with Gasteiger partial charge < -0.3 is 19.6 Å². The Kier molecular flexibility index (Phi) is 6.06. The summed E-state index contributed by atoms with van der Waals surface area (Å²) in [6, 6.07) is 14.3. The number of rotatable bonds is 8. The molecular weight excluding hydrogens is 368 g/mol. The number of nitrogens with zero attached hydrogens (tertiary/aromatic N) is 2. The predicted octanol–water partition coefficient (Wildman–Crippen LogP) is 0.934.